The van der Waals surface area contributed by atoms with Crippen LogP contribution in [0, 0.1) is 0 Å². The Morgan fingerprint density at radius 3 is 2.77 bits per heavy atom. The molecule has 2 heterocycles. The first-order valence-electron chi connectivity index (χ1n) is 8.01. The third kappa shape index (κ3) is 4.00. The summed E-state index contributed by atoms with van der Waals surface area (Å²) < 4.78 is 4.84. The fraction of sp³-hybridized carbons (Fsp3) is 0.294. The van der Waals surface area contributed by atoms with E-state index in [9.17, 15) is 14.4 Å². The molecule has 0 saturated carbocycles. The molecule has 0 aliphatic heterocycles. The lowest BCUT2D eigenvalue weighted by Crippen LogP contribution is -2.32. The minimum absolute atomic E-state index is 0.353. The highest BCUT2D eigenvalue weighted by molar-refractivity contribution is 7.17. The van der Waals surface area contributed by atoms with E-state index in [-0.39, 0.29) is 0 Å². The smallest absolute Gasteiger partial charge is 0.341 e. The number of methoxy groups -OCH3 is 1. The van der Waals surface area contributed by atoms with E-state index in [1.165, 1.54) is 36.0 Å². The van der Waals surface area contributed by atoms with Gasteiger partial charge in [-0.25, -0.2) is 10.2 Å². The van der Waals surface area contributed by atoms with Gasteiger partial charge < -0.3 is 10.1 Å². The van der Waals surface area contributed by atoms with Gasteiger partial charge >= 0.3 is 17.8 Å². The molecule has 0 aromatic carbocycles. The zero-order valence-electron chi connectivity index (χ0n) is 14.0. The van der Waals surface area contributed by atoms with Crippen LogP contribution in [0.5, 0.6) is 0 Å². The molecule has 2 amide bonds. The Labute approximate surface area is 158 Å². The molecule has 1 aliphatic rings. The van der Waals surface area contributed by atoms with Crippen molar-refractivity contribution in [1.82, 2.24) is 5.43 Å². The maximum absolute atomic E-state index is 12.1. The molecule has 3 rings (SSSR count). The molecule has 0 spiro atoms. The van der Waals surface area contributed by atoms with Gasteiger partial charge in [0.2, 0.25) is 0 Å². The average Bonchev–Trinajstić information content (AvgIpc) is 3.28. The number of rotatable bonds is 4. The normalized spacial score (nSPS) is 13.3. The van der Waals surface area contributed by atoms with Gasteiger partial charge in [0.05, 0.1) is 18.9 Å². The fourth-order valence-electron chi connectivity index (χ4n) is 2.70. The van der Waals surface area contributed by atoms with Gasteiger partial charge in [-0.05, 0) is 42.7 Å². The molecule has 0 bridgehead atoms. The average molecular weight is 391 g/mol. The Kier molecular flexibility index (Phi) is 5.79. The highest BCUT2D eigenvalue weighted by atomic mass is 32.1. The number of thiophene rings is 2. The third-order valence-electron chi connectivity index (χ3n) is 3.90. The summed E-state index contributed by atoms with van der Waals surface area (Å²) in [6, 6.07) is 3.69. The number of hydrogen-bond donors (Lipinski definition) is 2. The predicted octanol–water partition coefficient (Wildman–Crippen LogP) is 2.56. The molecule has 0 atom stereocenters. The summed E-state index contributed by atoms with van der Waals surface area (Å²) in [4.78, 5) is 38.1. The summed E-state index contributed by atoms with van der Waals surface area (Å²) in [5.74, 6) is -2.28. The van der Waals surface area contributed by atoms with Crippen molar-refractivity contribution >= 4 is 51.7 Å². The standard InChI is InChI=1S/C17H17N3O4S2/c1-24-17(23)13-11-6-2-3-7-12(11)26-16(13)19-14(21)15(22)20-18-9-10-5-4-8-25-10/h4-5,8-9H,2-3,6-7H2,1H3,(H,19,21)(H,20,22). The van der Waals surface area contributed by atoms with E-state index < -0.39 is 17.8 Å². The van der Waals surface area contributed by atoms with Crippen LogP contribution in [0.1, 0.15) is 38.5 Å². The van der Waals surface area contributed by atoms with Crippen molar-refractivity contribution in [3.8, 4) is 0 Å². The molecule has 0 fully saturated rings. The predicted molar refractivity (Wildman–Crippen MR) is 101 cm³/mol. The van der Waals surface area contributed by atoms with E-state index >= 15 is 0 Å². The largest absolute Gasteiger partial charge is 0.465 e. The van der Waals surface area contributed by atoms with Crippen molar-refractivity contribution in [3.05, 3.63) is 38.4 Å². The van der Waals surface area contributed by atoms with Gasteiger partial charge in [0, 0.05) is 9.75 Å². The van der Waals surface area contributed by atoms with E-state index in [1.54, 1.807) is 0 Å². The number of carbonyl (C=O) groups is 3. The number of ether oxygens (including phenoxy) is 1. The molecule has 2 aromatic rings. The van der Waals surface area contributed by atoms with Gasteiger partial charge in [-0.3, -0.25) is 9.59 Å². The first-order chi connectivity index (χ1) is 12.6. The second-order valence-electron chi connectivity index (χ2n) is 5.58. The van der Waals surface area contributed by atoms with Gasteiger partial charge in [-0.2, -0.15) is 5.10 Å². The van der Waals surface area contributed by atoms with E-state index in [4.69, 9.17) is 4.74 Å². The Hall–Kier alpha value is -2.52. The molecule has 2 N–H and O–H groups in total. The molecule has 136 valence electrons. The summed E-state index contributed by atoms with van der Waals surface area (Å²) in [7, 11) is 1.30. The number of hydrogen-bond acceptors (Lipinski definition) is 7. The van der Waals surface area contributed by atoms with E-state index in [0.29, 0.717) is 10.6 Å². The molecule has 0 radical (unpaired) electrons. The van der Waals surface area contributed by atoms with Gasteiger partial charge in [0.25, 0.3) is 0 Å². The lowest BCUT2D eigenvalue weighted by molar-refractivity contribution is -0.136. The minimum atomic E-state index is -0.903. The summed E-state index contributed by atoms with van der Waals surface area (Å²) in [5, 5.41) is 8.50. The van der Waals surface area contributed by atoms with Gasteiger partial charge in [-0.1, -0.05) is 6.07 Å². The molecule has 0 saturated heterocycles. The molecule has 7 nitrogen and oxygen atoms in total. The Bertz CT molecular complexity index is 856. The Balaban J connectivity index is 1.71. The number of carbonyl (C=O) groups excluding carboxylic acids is 3. The van der Waals surface area contributed by atoms with Crippen LogP contribution in [-0.2, 0) is 27.2 Å². The van der Waals surface area contributed by atoms with E-state index in [1.807, 2.05) is 17.5 Å². The summed E-state index contributed by atoms with van der Waals surface area (Å²) in [6.45, 7) is 0. The van der Waals surface area contributed by atoms with Crippen molar-refractivity contribution in [2.24, 2.45) is 5.10 Å². The molecular formula is C17H17N3O4S2. The van der Waals surface area contributed by atoms with Crippen LogP contribution in [0.15, 0.2) is 22.6 Å². The number of esters is 1. The lowest BCUT2D eigenvalue weighted by Gasteiger charge is -2.11. The van der Waals surface area contributed by atoms with Crippen LogP contribution >= 0.6 is 22.7 Å². The van der Waals surface area contributed by atoms with Crippen LogP contribution in [-0.4, -0.2) is 31.1 Å². The van der Waals surface area contributed by atoms with E-state index in [2.05, 4.69) is 15.8 Å². The number of fused-ring (bicyclic) bond motifs is 1. The number of aryl methyl sites for hydroxylation is 1. The second kappa shape index (κ2) is 8.24. The quantitative estimate of drug-likeness (QED) is 0.362. The lowest BCUT2D eigenvalue weighted by atomic mass is 9.95. The monoisotopic (exact) mass is 391 g/mol. The first-order valence-corrected chi connectivity index (χ1v) is 9.70. The molecule has 1 aliphatic carbocycles. The minimum Gasteiger partial charge on any atom is -0.465 e. The molecular weight excluding hydrogens is 374 g/mol. The first kappa shape index (κ1) is 18.3. The zero-order chi connectivity index (χ0) is 18.5. The zero-order valence-corrected chi connectivity index (χ0v) is 15.7. The number of anilines is 1. The fourth-order valence-corrected chi connectivity index (χ4v) is 4.56. The Morgan fingerprint density at radius 2 is 2.04 bits per heavy atom. The third-order valence-corrected chi connectivity index (χ3v) is 5.91. The molecule has 26 heavy (non-hydrogen) atoms. The van der Waals surface area contributed by atoms with Crippen molar-refractivity contribution in [2.75, 3.05) is 12.4 Å². The van der Waals surface area contributed by atoms with Crippen molar-refractivity contribution < 1.29 is 19.1 Å². The number of nitrogens with one attached hydrogen (secondary N) is 2. The van der Waals surface area contributed by atoms with Crippen LogP contribution < -0.4 is 10.7 Å². The van der Waals surface area contributed by atoms with Crippen molar-refractivity contribution in [3.63, 3.8) is 0 Å². The van der Waals surface area contributed by atoms with Crippen LogP contribution in [0.3, 0.4) is 0 Å². The highest BCUT2D eigenvalue weighted by Crippen LogP contribution is 2.38. The summed E-state index contributed by atoms with van der Waals surface area (Å²) in [6.07, 6.45) is 5.11. The molecule has 9 heteroatoms. The van der Waals surface area contributed by atoms with Crippen LogP contribution in [0.2, 0.25) is 0 Å². The highest BCUT2D eigenvalue weighted by Gasteiger charge is 2.28. The number of amides is 2. The van der Waals surface area contributed by atoms with E-state index in [0.717, 1.165) is 41.0 Å². The Morgan fingerprint density at radius 1 is 1.23 bits per heavy atom. The number of nitrogens with zero attached hydrogens (tertiary/aromatic N) is 1. The van der Waals surface area contributed by atoms with Crippen LogP contribution in [0.25, 0.3) is 0 Å². The SMILES string of the molecule is COC(=O)c1c(NC(=O)C(=O)NN=Cc2cccs2)sc2c1CCCC2. The van der Waals surface area contributed by atoms with Crippen LogP contribution in [0.4, 0.5) is 5.00 Å². The van der Waals surface area contributed by atoms with Crippen molar-refractivity contribution in [1.29, 1.82) is 0 Å². The van der Waals surface area contributed by atoms with Gasteiger partial charge in [-0.15, -0.1) is 22.7 Å². The maximum Gasteiger partial charge on any atom is 0.341 e. The van der Waals surface area contributed by atoms with Crippen molar-refractivity contribution in [2.45, 2.75) is 25.7 Å². The number of hydrazone groups is 1. The molecule has 2 aromatic heterocycles. The second-order valence-corrected chi connectivity index (χ2v) is 7.66. The molecule has 0 unspecified atom stereocenters. The topological polar surface area (TPSA) is 96.9 Å². The maximum atomic E-state index is 12.1. The van der Waals surface area contributed by atoms with Gasteiger partial charge in [0.1, 0.15) is 5.00 Å². The van der Waals surface area contributed by atoms with Gasteiger partial charge in [0.15, 0.2) is 0 Å². The summed E-state index contributed by atoms with van der Waals surface area (Å²) >= 11 is 2.78. The summed E-state index contributed by atoms with van der Waals surface area (Å²) in [5.41, 5.74) is 3.45.